The van der Waals surface area contributed by atoms with Gasteiger partial charge in [0, 0.05) is 11.1 Å². The monoisotopic (exact) mass is 487 g/mol. The van der Waals surface area contributed by atoms with Crippen LogP contribution in [0.1, 0.15) is 17.0 Å². The third kappa shape index (κ3) is 6.36. The number of esters is 1. The molecule has 10 heteroatoms. The SMILES string of the molecule is CON=C(C(=O)OC)c1c(Oc2cccc(OCc3cccc(Cl)c3)c2)nc(C)nc1SC. The van der Waals surface area contributed by atoms with E-state index in [1.165, 1.54) is 26.0 Å². The molecule has 0 amide bonds. The third-order valence-corrected chi connectivity index (χ3v) is 5.18. The molecule has 0 aliphatic rings. The van der Waals surface area contributed by atoms with Crippen molar-refractivity contribution in [1.82, 2.24) is 9.97 Å². The number of carbonyl (C=O) groups is 1. The molecule has 0 bridgehead atoms. The van der Waals surface area contributed by atoms with Gasteiger partial charge in [-0.25, -0.2) is 9.78 Å². The lowest BCUT2D eigenvalue weighted by Crippen LogP contribution is -2.20. The maximum absolute atomic E-state index is 12.4. The van der Waals surface area contributed by atoms with E-state index in [-0.39, 0.29) is 17.2 Å². The van der Waals surface area contributed by atoms with Crippen LogP contribution in [-0.4, -0.2) is 42.1 Å². The first-order valence-corrected chi connectivity index (χ1v) is 11.3. The Kier molecular flexibility index (Phi) is 8.51. The van der Waals surface area contributed by atoms with E-state index in [2.05, 4.69) is 15.1 Å². The molecule has 1 aromatic heterocycles. The van der Waals surface area contributed by atoms with Gasteiger partial charge in [0.15, 0.2) is 0 Å². The Morgan fingerprint density at radius 3 is 2.55 bits per heavy atom. The van der Waals surface area contributed by atoms with E-state index in [0.717, 1.165) is 5.56 Å². The lowest BCUT2D eigenvalue weighted by molar-refractivity contribution is -0.132. The van der Waals surface area contributed by atoms with Crippen molar-refractivity contribution in [2.75, 3.05) is 20.5 Å². The van der Waals surface area contributed by atoms with Crippen LogP contribution in [0.2, 0.25) is 5.02 Å². The smallest absolute Gasteiger partial charge is 0.361 e. The fourth-order valence-corrected chi connectivity index (χ4v) is 3.68. The van der Waals surface area contributed by atoms with Gasteiger partial charge in [0.1, 0.15) is 41.6 Å². The number of aryl methyl sites for hydroxylation is 1. The Labute approximate surface area is 200 Å². The van der Waals surface area contributed by atoms with Gasteiger partial charge in [0.05, 0.1) is 7.11 Å². The lowest BCUT2D eigenvalue weighted by atomic mass is 10.2. The summed E-state index contributed by atoms with van der Waals surface area (Å²) in [6.45, 7) is 2.07. The predicted octanol–water partition coefficient (Wildman–Crippen LogP) is 5.06. The average molecular weight is 488 g/mol. The van der Waals surface area contributed by atoms with Gasteiger partial charge in [-0.2, -0.15) is 4.98 Å². The summed E-state index contributed by atoms with van der Waals surface area (Å²) >= 11 is 7.35. The summed E-state index contributed by atoms with van der Waals surface area (Å²) < 4.78 is 16.8. The quantitative estimate of drug-likeness (QED) is 0.136. The highest BCUT2D eigenvalue weighted by atomic mass is 35.5. The fourth-order valence-electron chi connectivity index (χ4n) is 2.85. The molecule has 0 saturated heterocycles. The minimum atomic E-state index is -0.706. The third-order valence-electron chi connectivity index (χ3n) is 4.26. The Morgan fingerprint density at radius 2 is 1.85 bits per heavy atom. The molecule has 0 unspecified atom stereocenters. The molecule has 172 valence electrons. The highest BCUT2D eigenvalue weighted by molar-refractivity contribution is 7.98. The van der Waals surface area contributed by atoms with Crippen molar-refractivity contribution in [2.45, 2.75) is 18.6 Å². The first-order valence-electron chi connectivity index (χ1n) is 9.72. The summed E-state index contributed by atoms with van der Waals surface area (Å²) in [4.78, 5) is 26.0. The molecule has 33 heavy (non-hydrogen) atoms. The van der Waals surface area contributed by atoms with Crippen molar-refractivity contribution in [3.63, 3.8) is 0 Å². The zero-order valence-corrected chi connectivity index (χ0v) is 20.1. The van der Waals surface area contributed by atoms with Crippen LogP contribution < -0.4 is 9.47 Å². The molecule has 0 radical (unpaired) electrons. The predicted molar refractivity (Wildman–Crippen MR) is 126 cm³/mol. The molecular formula is C23H22ClN3O5S. The van der Waals surface area contributed by atoms with Crippen LogP contribution in [0.4, 0.5) is 0 Å². The number of benzene rings is 2. The van der Waals surface area contributed by atoms with Gasteiger partial charge in [-0.05, 0) is 43.0 Å². The highest BCUT2D eigenvalue weighted by Crippen LogP contribution is 2.32. The van der Waals surface area contributed by atoms with Gasteiger partial charge in [-0.3, -0.25) is 0 Å². The van der Waals surface area contributed by atoms with Gasteiger partial charge in [-0.1, -0.05) is 35.0 Å². The van der Waals surface area contributed by atoms with Crippen molar-refractivity contribution in [1.29, 1.82) is 0 Å². The molecule has 0 aliphatic carbocycles. The Hall–Kier alpha value is -3.30. The van der Waals surface area contributed by atoms with Crippen LogP contribution >= 0.6 is 23.4 Å². The summed E-state index contributed by atoms with van der Waals surface area (Å²) in [6.07, 6.45) is 1.82. The summed E-state index contributed by atoms with van der Waals surface area (Å²) in [6, 6.07) is 14.5. The number of halogens is 1. The number of oxime groups is 1. The topological polar surface area (TPSA) is 92.1 Å². The number of carbonyl (C=O) groups excluding carboxylic acids is 1. The van der Waals surface area contributed by atoms with Gasteiger partial charge in [0.2, 0.25) is 11.6 Å². The van der Waals surface area contributed by atoms with Crippen LogP contribution in [0.3, 0.4) is 0 Å². The van der Waals surface area contributed by atoms with E-state index < -0.39 is 5.97 Å². The normalized spacial score (nSPS) is 11.1. The van der Waals surface area contributed by atoms with E-state index in [4.69, 9.17) is 30.6 Å². The number of aromatic nitrogens is 2. The molecular weight excluding hydrogens is 466 g/mol. The molecule has 0 spiro atoms. The van der Waals surface area contributed by atoms with E-state index in [9.17, 15) is 4.79 Å². The summed E-state index contributed by atoms with van der Waals surface area (Å²) in [5.41, 5.74) is 1.10. The van der Waals surface area contributed by atoms with Crippen molar-refractivity contribution in [2.24, 2.45) is 5.16 Å². The molecule has 3 rings (SSSR count). The minimum absolute atomic E-state index is 0.104. The highest BCUT2D eigenvalue weighted by Gasteiger charge is 2.27. The first-order chi connectivity index (χ1) is 15.9. The molecule has 2 aromatic carbocycles. The summed E-state index contributed by atoms with van der Waals surface area (Å²) in [5, 5.41) is 4.96. The van der Waals surface area contributed by atoms with Gasteiger partial charge >= 0.3 is 5.97 Å². The zero-order chi connectivity index (χ0) is 23.8. The molecule has 3 aromatic rings. The molecule has 8 nitrogen and oxygen atoms in total. The number of nitrogens with zero attached hydrogens (tertiary/aromatic N) is 3. The second kappa shape index (κ2) is 11.5. The van der Waals surface area contributed by atoms with E-state index >= 15 is 0 Å². The molecule has 0 atom stereocenters. The van der Waals surface area contributed by atoms with Crippen LogP contribution in [0.15, 0.2) is 58.7 Å². The molecule has 0 aliphatic heterocycles. The second-order valence-electron chi connectivity index (χ2n) is 6.57. The standard InChI is InChI=1S/C23H22ClN3O5S/c1-14-25-21(19(22(26-14)33-4)20(27-30-3)23(28)29-2)32-18-10-6-9-17(12-18)31-13-15-7-5-8-16(24)11-15/h5-12H,13H2,1-4H3. The van der Waals surface area contributed by atoms with Gasteiger partial charge < -0.3 is 19.0 Å². The van der Waals surface area contributed by atoms with E-state index in [1.807, 2.05) is 30.5 Å². The maximum atomic E-state index is 12.4. The number of thioether (sulfide) groups is 1. The van der Waals surface area contributed by atoms with Gasteiger partial charge in [0.25, 0.3) is 0 Å². The zero-order valence-electron chi connectivity index (χ0n) is 18.5. The van der Waals surface area contributed by atoms with Crippen molar-refractivity contribution in [3.8, 4) is 17.4 Å². The largest absolute Gasteiger partial charge is 0.489 e. The van der Waals surface area contributed by atoms with Crippen LogP contribution in [0.5, 0.6) is 17.4 Å². The van der Waals surface area contributed by atoms with Gasteiger partial charge in [-0.15, -0.1) is 11.8 Å². The number of methoxy groups -OCH3 is 1. The van der Waals surface area contributed by atoms with Crippen molar-refractivity contribution < 1.29 is 23.8 Å². The molecule has 0 N–H and O–H groups in total. The molecule has 1 heterocycles. The van der Waals surface area contributed by atoms with Crippen LogP contribution in [-0.2, 0) is 21.0 Å². The molecule has 0 saturated carbocycles. The fraction of sp³-hybridized carbons (Fsp3) is 0.217. The minimum Gasteiger partial charge on any atom is -0.489 e. The summed E-state index contributed by atoms with van der Waals surface area (Å²) in [7, 11) is 2.58. The maximum Gasteiger partial charge on any atom is 0.361 e. The van der Waals surface area contributed by atoms with E-state index in [1.54, 1.807) is 31.2 Å². The number of hydrogen-bond donors (Lipinski definition) is 0. The van der Waals surface area contributed by atoms with Crippen molar-refractivity contribution in [3.05, 3.63) is 70.5 Å². The number of ether oxygens (including phenoxy) is 3. The second-order valence-corrected chi connectivity index (χ2v) is 7.80. The van der Waals surface area contributed by atoms with Crippen LogP contribution in [0, 0.1) is 6.92 Å². The van der Waals surface area contributed by atoms with Crippen molar-refractivity contribution >= 4 is 35.0 Å². The summed E-state index contributed by atoms with van der Waals surface area (Å²) in [5.74, 6) is 0.937. The number of rotatable bonds is 9. The van der Waals surface area contributed by atoms with E-state index in [0.29, 0.717) is 34.0 Å². The average Bonchev–Trinajstić information content (AvgIpc) is 2.81. The Bertz CT molecular complexity index is 1170. The lowest BCUT2D eigenvalue weighted by Gasteiger charge is -2.15. The first kappa shape index (κ1) is 24.3. The Morgan fingerprint density at radius 1 is 1.09 bits per heavy atom. The molecule has 0 fully saturated rings. The number of hydrogen-bond acceptors (Lipinski definition) is 9. The van der Waals surface area contributed by atoms with Crippen LogP contribution in [0.25, 0.3) is 0 Å². The Balaban J connectivity index is 1.93.